The van der Waals surface area contributed by atoms with Gasteiger partial charge in [0, 0.05) is 24.1 Å². The van der Waals surface area contributed by atoms with Gasteiger partial charge in [0.25, 0.3) is 5.91 Å². The van der Waals surface area contributed by atoms with Crippen molar-refractivity contribution >= 4 is 40.7 Å². The van der Waals surface area contributed by atoms with Gasteiger partial charge in [0.15, 0.2) is 0 Å². The molecule has 0 fully saturated rings. The molecule has 0 atom stereocenters. The lowest BCUT2D eigenvalue weighted by Crippen LogP contribution is -2.23. The Morgan fingerprint density at radius 3 is 2.52 bits per heavy atom. The van der Waals surface area contributed by atoms with Gasteiger partial charge in [-0.25, -0.2) is 4.79 Å². The summed E-state index contributed by atoms with van der Waals surface area (Å²) >= 11 is 6.01. The second-order valence-electron chi connectivity index (χ2n) is 5.03. The summed E-state index contributed by atoms with van der Waals surface area (Å²) in [7, 11) is 1.45. The van der Waals surface area contributed by atoms with Gasteiger partial charge in [-0.2, -0.15) is 0 Å². The summed E-state index contributed by atoms with van der Waals surface area (Å²) < 4.78 is 0. The first-order valence-electron chi connectivity index (χ1n) is 6.73. The number of anilines is 3. The van der Waals surface area contributed by atoms with Crippen molar-refractivity contribution in [1.82, 2.24) is 0 Å². The maximum atomic E-state index is 12.3. The molecule has 0 saturated heterocycles. The summed E-state index contributed by atoms with van der Waals surface area (Å²) in [5.41, 5.74) is 8.19. The van der Waals surface area contributed by atoms with Gasteiger partial charge in [0.1, 0.15) is 0 Å². The minimum Gasteiger partial charge on any atom is -0.465 e. The highest BCUT2D eigenvalue weighted by Gasteiger charge is 2.14. The number of halogens is 1. The van der Waals surface area contributed by atoms with E-state index in [0.29, 0.717) is 22.1 Å². The molecule has 4 N–H and O–H groups in total. The number of nitrogens with two attached hydrogens (primary N) is 1. The normalized spacial score (nSPS) is 10.2. The number of carbonyl (C=O) groups excluding carboxylic acids is 1. The standard InChI is InChI=1S/C16H16ClN3O3/c1-9-7-11(20(2)16(22)23)4-6-14(9)19-15(21)12-8-10(18)3-5-13(12)17/h3-8H,18H2,1-2H3,(H,19,21)(H,22,23). The van der Waals surface area contributed by atoms with Crippen molar-refractivity contribution in [3.8, 4) is 0 Å². The number of aryl methyl sites for hydroxylation is 1. The van der Waals surface area contributed by atoms with Gasteiger partial charge < -0.3 is 16.2 Å². The van der Waals surface area contributed by atoms with Crippen LogP contribution in [0.5, 0.6) is 0 Å². The molecule has 0 spiro atoms. The number of benzene rings is 2. The number of carbonyl (C=O) groups is 2. The predicted octanol–water partition coefficient (Wildman–Crippen LogP) is 3.60. The lowest BCUT2D eigenvalue weighted by atomic mass is 10.1. The summed E-state index contributed by atoms with van der Waals surface area (Å²) in [5, 5.41) is 12.0. The topological polar surface area (TPSA) is 95.7 Å². The van der Waals surface area contributed by atoms with Crippen LogP contribution in [0.1, 0.15) is 15.9 Å². The Kier molecular flexibility index (Phi) is 4.76. The Labute approximate surface area is 138 Å². The molecule has 7 heteroatoms. The first-order valence-corrected chi connectivity index (χ1v) is 7.11. The Morgan fingerprint density at radius 2 is 1.91 bits per heavy atom. The van der Waals surface area contributed by atoms with Crippen LogP contribution in [0, 0.1) is 6.92 Å². The second-order valence-corrected chi connectivity index (χ2v) is 5.44. The number of hydrogen-bond acceptors (Lipinski definition) is 3. The summed E-state index contributed by atoms with van der Waals surface area (Å²) in [4.78, 5) is 24.4. The van der Waals surface area contributed by atoms with E-state index in [1.165, 1.54) is 13.1 Å². The van der Waals surface area contributed by atoms with Gasteiger partial charge in [-0.3, -0.25) is 9.69 Å². The largest absolute Gasteiger partial charge is 0.465 e. The first kappa shape index (κ1) is 16.6. The van der Waals surface area contributed by atoms with E-state index in [-0.39, 0.29) is 11.5 Å². The van der Waals surface area contributed by atoms with Crippen LogP contribution in [0.4, 0.5) is 21.9 Å². The summed E-state index contributed by atoms with van der Waals surface area (Å²) in [5.74, 6) is -0.385. The van der Waals surface area contributed by atoms with Crippen molar-refractivity contribution in [3.05, 3.63) is 52.5 Å². The fraction of sp³-hybridized carbons (Fsp3) is 0.125. The predicted molar refractivity (Wildman–Crippen MR) is 91.4 cm³/mol. The monoisotopic (exact) mass is 333 g/mol. The Bertz CT molecular complexity index is 777. The van der Waals surface area contributed by atoms with E-state index in [2.05, 4.69) is 5.32 Å². The first-order chi connectivity index (χ1) is 10.8. The van der Waals surface area contributed by atoms with Gasteiger partial charge in [0.05, 0.1) is 10.6 Å². The Morgan fingerprint density at radius 1 is 1.22 bits per heavy atom. The molecule has 2 aromatic rings. The lowest BCUT2D eigenvalue weighted by Gasteiger charge is -2.16. The molecule has 120 valence electrons. The molecule has 0 unspecified atom stereocenters. The van der Waals surface area contributed by atoms with E-state index in [0.717, 1.165) is 10.5 Å². The van der Waals surface area contributed by atoms with Crippen molar-refractivity contribution in [2.75, 3.05) is 23.0 Å². The molecule has 0 aromatic heterocycles. The van der Waals surface area contributed by atoms with Gasteiger partial charge in [-0.1, -0.05) is 11.6 Å². The van der Waals surface area contributed by atoms with Crippen LogP contribution < -0.4 is 16.0 Å². The van der Waals surface area contributed by atoms with E-state index < -0.39 is 6.09 Å². The van der Waals surface area contributed by atoms with Crippen molar-refractivity contribution in [3.63, 3.8) is 0 Å². The summed E-state index contributed by atoms with van der Waals surface area (Å²) in [6, 6.07) is 9.59. The maximum absolute atomic E-state index is 12.3. The zero-order valence-electron chi connectivity index (χ0n) is 12.6. The van der Waals surface area contributed by atoms with Gasteiger partial charge in [0.2, 0.25) is 0 Å². The fourth-order valence-electron chi connectivity index (χ4n) is 2.01. The minimum atomic E-state index is -1.06. The summed E-state index contributed by atoms with van der Waals surface area (Å²) in [6.07, 6.45) is -1.06. The summed E-state index contributed by atoms with van der Waals surface area (Å²) in [6.45, 7) is 1.77. The van der Waals surface area contributed by atoms with Crippen LogP contribution >= 0.6 is 11.6 Å². The van der Waals surface area contributed by atoms with Crippen molar-refractivity contribution in [1.29, 1.82) is 0 Å². The zero-order valence-corrected chi connectivity index (χ0v) is 13.4. The molecule has 2 amide bonds. The van der Waals surface area contributed by atoms with E-state index in [4.69, 9.17) is 22.4 Å². The van der Waals surface area contributed by atoms with Crippen molar-refractivity contribution in [2.45, 2.75) is 6.92 Å². The molecule has 0 radical (unpaired) electrons. The van der Waals surface area contributed by atoms with Crippen LogP contribution in [0.3, 0.4) is 0 Å². The Balaban J connectivity index is 2.25. The molecule has 23 heavy (non-hydrogen) atoms. The van der Waals surface area contributed by atoms with Gasteiger partial charge in [-0.15, -0.1) is 0 Å². The molecule has 0 bridgehead atoms. The third-order valence-corrected chi connectivity index (χ3v) is 3.70. The highest BCUT2D eigenvalue weighted by molar-refractivity contribution is 6.34. The van der Waals surface area contributed by atoms with E-state index in [1.54, 1.807) is 37.3 Å². The molecule has 0 aliphatic rings. The third kappa shape index (κ3) is 3.73. The van der Waals surface area contributed by atoms with E-state index in [9.17, 15) is 9.59 Å². The molecule has 2 rings (SSSR count). The minimum absolute atomic E-state index is 0.276. The van der Waals surface area contributed by atoms with Gasteiger partial charge >= 0.3 is 6.09 Å². The average Bonchev–Trinajstić information content (AvgIpc) is 2.50. The Hall–Kier alpha value is -2.73. The number of rotatable bonds is 3. The number of hydrogen-bond donors (Lipinski definition) is 3. The average molecular weight is 334 g/mol. The quantitative estimate of drug-likeness (QED) is 0.748. The van der Waals surface area contributed by atoms with E-state index in [1.807, 2.05) is 0 Å². The highest BCUT2D eigenvalue weighted by Crippen LogP contribution is 2.24. The number of nitrogens with zero attached hydrogens (tertiary/aromatic N) is 1. The molecule has 2 aromatic carbocycles. The van der Waals surface area contributed by atoms with Crippen LogP contribution in [0.2, 0.25) is 5.02 Å². The lowest BCUT2D eigenvalue weighted by molar-refractivity contribution is 0.102. The third-order valence-electron chi connectivity index (χ3n) is 3.37. The molecular formula is C16H16ClN3O3. The number of amides is 2. The van der Waals surface area contributed by atoms with Gasteiger partial charge in [-0.05, 0) is 48.9 Å². The molecule has 0 heterocycles. The number of carboxylic acid groups (broad SMARTS) is 1. The second kappa shape index (κ2) is 6.58. The van der Waals surface area contributed by atoms with Crippen molar-refractivity contribution < 1.29 is 14.7 Å². The molecule has 0 aliphatic carbocycles. The molecule has 0 aliphatic heterocycles. The van der Waals surface area contributed by atoms with Crippen LogP contribution in [0.25, 0.3) is 0 Å². The van der Waals surface area contributed by atoms with Crippen LogP contribution in [-0.4, -0.2) is 24.2 Å². The van der Waals surface area contributed by atoms with Crippen LogP contribution in [-0.2, 0) is 0 Å². The van der Waals surface area contributed by atoms with Crippen molar-refractivity contribution in [2.24, 2.45) is 0 Å². The zero-order chi connectivity index (χ0) is 17.1. The SMILES string of the molecule is Cc1cc(N(C)C(=O)O)ccc1NC(=O)c1cc(N)ccc1Cl. The highest BCUT2D eigenvalue weighted by atomic mass is 35.5. The maximum Gasteiger partial charge on any atom is 0.411 e. The molecular weight excluding hydrogens is 318 g/mol. The smallest absolute Gasteiger partial charge is 0.411 e. The molecule has 0 saturated carbocycles. The number of nitrogens with one attached hydrogen (secondary N) is 1. The van der Waals surface area contributed by atoms with Crippen LogP contribution in [0.15, 0.2) is 36.4 Å². The fourth-order valence-corrected chi connectivity index (χ4v) is 2.22. The number of nitrogen functional groups attached to an aromatic ring is 1. The molecule has 6 nitrogen and oxygen atoms in total. The van der Waals surface area contributed by atoms with E-state index >= 15 is 0 Å².